The molecule has 3 rings (SSSR count). The van der Waals surface area contributed by atoms with Gasteiger partial charge in [0.1, 0.15) is 5.69 Å². The fourth-order valence-corrected chi connectivity index (χ4v) is 2.60. The lowest BCUT2D eigenvalue weighted by atomic mass is 10.1. The van der Waals surface area contributed by atoms with Crippen LogP contribution in [-0.4, -0.2) is 20.6 Å². The highest BCUT2D eigenvalue weighted by Gasteiger charge is 2.21. The van der Waals surface area contributed by atoms with Gasteiger partial charge in [-0.1, -0.05) is 29.4 Å². The number of rotatable bonds is 4. The van der Waals surface area contributed by atoms with Crippen molar-refractivity contribution in [2.75, 3.05) is 5.32 Å². The molecule has 1 N–H and O–H groups in total. The van der Waals surface area contributed by atoms with Gasteiger partial charge in [-0.05, 0) is 45.4 Å². The zero-order valence-electron chi connectivity index (χ0n) is 15.1. The third-order valence-corrected chi connectivity index (χ3v) is 3.76. The second-order valence-corrected chi connectivity index (χ2v) is 7.10. The first-order valence-corrected chi connectivity index (χ1v) is 8.21. The number of hydrogen-bond acceptors (Lipinski definition) is 6. The highest BCUT2D eigenvalue weighted by Crippen LogP contribution is 2.32. The molecule has 2 aromatic carbocycles. The van der Waals surface area contributed by atoms with Crippen molar-refractivity contribution in [3.05, 3.63) is 58.1 Å². The number of nitrogens with one attached hydrogen (secondary N) is 1. The van der Waals surface area contributed by atoms with Crippen LogP contribution in [0.25, 0.3) is 22.8 Å². The van der Waals surface area contributed by atoms with Gasteiger partial charge >= 0.3 is 0 Å². The summed E-state index contributed by atoms with van der Waals surface area (Å²) < 4.78 is 5.33. The fourth-order valence-electron chi connectivity index (χ4n) is 2.60. The van der Waals surface area contributed by atoms with Crippen LogP contribution in [0.5, 0.6) is 0 Å². The molecule has 0 saturated heterocycles. The number of benzene rings is 2. The number of aromatic nitrogens is 2. The molecule has 1 heterocycles. The molecule has 0 bridgehead atoms. The lowest BCUT2D eigenvalue weighted by Crippen LogP contribution is -2.26. The van der Waals surface area contributed by atoms with E-state index in [4.69, 9.17) is 4.52 Å². The van der Waals surface area contributed by atoms with Crippen molar-refractivity contribution in [2.24, 2.45) is 0 Å². The van der Waals surface area contributed by atoms with E-state index in [0.29, 0.717) is 17.1 Å². The number of nitrogens with zero attached hydrogens (tertiary/aromatic N) is 3. The summed E-state index contributed by atoms with van der Waals surface area (Å²) in [4.78, 5) is 15.4. The van der Waals surface area contributed by atoms with Gasteiger partial charge in [-0.15, -0.1) is 0 Å². The van der Waals surface area contributed by atoms with Crippen molar-refractivity contribution in [3.8, 4) is 22.8 Å². The standard InChI is InChI=1S/C19H20N4O3/c1-12-7-5-6-8-14(12)17-20-18(26-22-17)13-9-10-15(21-19(2,3)4)16(11-13)23(24)25/h5-11,21H,1-4H3. The predicted molar refractivity (Wildman–Crippen MR) is 99.9 cm³/mol. The molecule has 0 aliphatic carbocycles. The van der Waals surface area contributed by atoms with Gasteiger partial charge in [-0.3, -0.25) is 10.1 Å². The largest absolute Gasteiger partial charge is 0.375 e. The second kappa shape index (κ2) is 6.59. The summed E-state index contributed by atoms with van der Waals surface area (Å²) in [6.45, 7) is 7.79. The highest BCUT2D eigenvalue weighted by molar-refractivity contribution is 5.71. The Bertz CT molecular complexity index is 957. The molecule has 0 aliphatic rings. The zero-order chi connectivity index (χ0) is 18.9. The molecule has 0 spiro atoms. The first-order chi connectivity index (χ1) is 12.2. The zero-order valence-corrected chi connectivity index (χ0v) is 15.1. The lowest BCUT2D eigenvalue weighted by Gasteiger charge is -2.21. The molecular formula is C19H20N4O3. The van der Waals surface area contributed by atoms with Crippen LogP contribution >= 0.6 is 0 Å². The minimum atomic E-state index is -0.420. The predicted octanol–water partition coefficient (Wildman–Crippen LogP) is 4.83. The molecular weight excluding hydrogens is 332 g/mol. The first kappa shape index (κ1) is 17.6. The van der Waals surface area contributed by atoms with E-state index in [2.05, 4.69) is 15.5 Å². The highest BCUT2D eigenvalue weighted by atomic mass is 16.6. The number of aryl methyl sites for hydroxylation is 1. The Morgan fingerprint density at radius 1 is 1.15 bits per heavy atom. The summed E-state index contributed by atoms with van der Waals surface area (Å²) in [5.41, 5.74) is 2.51. The van der Waals surface area contributed by atoms with E-state index in [0.717, 1.165) is 11.1 Å². The summed E-state index contributed by atoms with van der Waals surface area (Å²) in [6.07, 6.45) is 0. The maximum absolute atomic E-state index is 11.5. The van der Waals surface area contributed by atoms with E-state index in [1.54, 1.807) is 12.1 Å². The Labute approximate surface area is 151 Å². The Morgan fingerprint density at radius 3 is 2.54 bits per heavy atom. The minimum absolute atomic E-state index is 0.0342. The molecule has 0 fully saturated rings. The van der Waals surface area contributed by atoms with Gasteiger partial charge < -0.3 is 9.84 Å². The molecule has 0 aliphatic heterocycles. The third-order valence-electron chi connectivity index (χ3n) is 3.76. The second-order valence-electron chi connectivity index (χ2n) is 7.10. The van der Waals surface area contributed by atoms with Crippen LogP contribution in [0.3, 0.4) is 0 Å². The molecule has 7 heteroatoms. The summed E-state index contributed by atoms with van der Waals surface area (Å²) >= 11 is 0. The van der Waals surface area contributed by atoms with Crippen LogP contribution in [-0.2, 0) is 0 Å². The minimum Gasteiger partial charge on any atom is -0.375 e. The van der Waals surface area contributed by atoms with Crippen LogP contribution in [0.2, 0.25) is 0 Å². The van der Waals surface area contributed by atoms with E-state index < -0.39 is 4.92 Å². The molecule has 0 unspecified atom stereocenters. The fraction of sp³-hybridized carbons (Fsp3) is 0.263. The van der Waals surface area contributed by atoms with Gasteiger partial charge in [0.15, 0.2) is 0 Å². The maximum Gasteiger partial charge on any atom is 0.293 e. The average molecular weight is 352 g/mol. The smallest absolute Gasteiger partial charge is 0.293 e. The molecule has 0 amide bonds. The summed E-state index contributed by atoms with van der Waals surface area (Å²) in [6, 6.07) is 12.5. The molecule has 0 radical (unpaired) electrons. The topological polar surface area (TPSA) is 94.1 Å². The van der Waals surface area contributed by atoms with E-state index in [1.165, 1.54) is 6.07 Å². The normalized spacial score (nSPS) is 11.4. The van der Waals surface area contributed by atoms with Crippen LogP contribution in [0, 0.1) is 17.0 Å². The van der Waals surface area contributed by atoms with Crippen LogP contribution in [0.15, 0.2) is 47.0 Å². The Hall–Kier alpha value is -3.22. The van der Waals surface area contributed by atoms with Crippen molar-refractivity contribution < 1.29 is 9.45 Å². The molecule has 134 valence electrons. The van der Waals surface area contributed by atoms with E-state index in [-0.39, 0.29) is 17.1 Å². The monoisotopic (exact) mass is 352 g/mol. The van der Waals surface area contributed by atoms with Crippen molar-refractivity contribution in [3.63, 3.8) is 0 Å². The van der Waals surface area contributed by atoms with Crippen LogP contribution in [0.1, 0.15) is 26.3 Å². The van der Waals surface area contributed by atoms with Crippen LogP contribution < -0.4 is 5.32 Å². The summed E-state index contributed by atoms with van der Waals surface area (Å²) in [5.74, 6) is 0.700. The van der Waals surface area contributed by atoms with Crippen molar-refractivity contribution in [1.82, 2.24) is 10.1 Å². The molecule has 7 nitrogen and oxygen atoms in total. The lowest BCUT2D eigenvalue weighted by molar-refractivity contribution is -0.383. The molecule has 3 aromatic rings. The van der Waals surface area contributed by atoms with Gasteiger partial charge in [0.25, 0.3) is 11.6 Å². The summed E-state index contributed by atoms with van der Waals surface area (Å²) in [5, 5.41) is 18.6. The van der Waals surface area contributed by atoms with Crippen LogP contribution in [0.4, 0.5) is 11.4 Å². The SMILES string of the molecule is Cc1ccccc1-c1noc(-c2ccc(NC(C)(C)C)c([N+](=O)[O-])c2)n1. The molecule has 26 heavy (non-hydrogen) atoms. The molecule has 1 aromatic heterocycles. The third kappa shape index (κ3) is 3.72. The molecule has 0 saturated carbocycles. The Morgan fingerprint density at radius 2 is 1.88 bits per heavy atom. The first-order valence-electron chi connectivity index (χ1n) is 8.21. The van der Waals surface area contributed by atoms with E-state index in [1.807, 2.05) is 52.0 Å². The van der Waals surface area contributed by atoms with Gasteiger partial charge in [-0.2, -0.15) is 4.98 Å². The quantitative estimate of drug-likeness (QED) is 0.534. The number of nitro groups is 1. The van der Waals surface area contributed by atoms with Crippen molar-refractivity contribution in [1.29, 1.82) is 0 Å². The van der Waals surface area contributed by atoms with Gasteiger partial charge in [0.05, 0.1) is 4.92 Å². The van der Waals surface area contributed by atoms with Crippen molar-refractivity contribution in [2.45, 2.75) is 33.2 Å². The van der Waals surface area contributed by atoms with Gasteiger partial charge in [0, 0.05) is 22.7 Å². The number of anilines is 1. The average Bonchev–Trinajstić information content (AvgIpc) is 3.03. The Balaban J connectivity index is 1.99. The van der Waals surface area contributed by atoms with E-state index in [9.17, 15) is 10.1 Å². The number of nitro benzene ring substituents is 1. The van der Waals surface area contributed by atoms with Crippen molar-refractivity contribution >= 4 is 11.4 Å². The number of hydrogen-bond donors (Lipinski definition) is 1. The van der Waals surface area contributed by atoms with Gasteiger partial charge in [0.2, 0.25) is 5.82 Å². The van der Waals surface area contributed by atoms with E-state index >= 15 is 0 Å². The van der Waals surface area contributed by atoms with Gasteiger partial charge in [-0.25, -0.2) is 0 Å². The summed E-state index contributed by atoms with van der Waals surface area (Å²) in [7, 11) is 0. The maximum atomic E-state index is 11.5. The molecule has 0 atom stereocenters. The Kier molecular flexibility index (Phi) is 4.46.